The van der Waals surface area contributed by atoms with Crippen LogP contribution in [0.4, 0.5) is 5.69 Å². The van der Waals surface area contributed by atoms with Crippen molar-refractivity contribution in [2.45, 2.75) is 13.2 Å². The number of carbonyl (C=O) groups is 1. The molecule has 1 amide bonds. The highest BCUT2D eigenvalue weighted by Gasteiger charge is 2.11. The fourth-order valence-electron chi connectivity index (χ4n) is 3.48. The number of halogens is 1. The lowest BCUT2D eigenvalue weighted by atomic mass is 10.2. The van der Waals surface area contributed by atoms with Gasteiger partial charge in [0.2, 0.25) is 0 Å². The normalized spacial score (nSPS) is 10.7. The third-order valence-electron chi connectivity index (χ3n) is 5.54. The van der Waals surface area contributed by atoms with Gasteiger partial charge in [-0.25, -0.2) is 5.43 Å². The Kier molecular flexibility index (Phi) is 9.10. The van der Waals surface area contributed by atoms with E-state index in [2.05, 4.69) is 10.5 Å². The lowest BCUT2D eigenvalue weighted by molar-refractivity contribution is -0.384. The molecular formula is C29H24ClN3O6. The van der Waals surface area contributed by atoms with E-state index >= 15 is 0 Å². The molecule has 9 nitrogen and oxygen atoms in total. The number of nitro benzene ring substituents is 1. The molecule has 39 heavy (non-hydrogen) atoms. The van der Waals surface area contributed by atoms with Gasteiger partial charge in [-0.3, -0.25) is 14.9 Å². The van der Waals surface area contributed by atoms with Crippen LogP contribution in [0.1, 0.15) is 27.0 Å². The number of hydrazone groups is 1. The Morgan fingerprint density at radius 2 is 1.56 bits per heavy atom. The number of carbonyl (C=O) groups excluding carboxylic acids is 1. The molecule has 0 fully saturated rings. The molecule has 0 aliphatic carbocycles. The Labute approximate surface area is 229 Å². The summed E-state index contributed by atoms with van der Waals surface area (Å²) in [5.74, 6) is 0.969. The standard InChI is InChI=1S/C29H24ClN3O6/c1-37-28-16-23(10-14-27(28)39-18-20-5-3-2-4-6-20)29(34)32-31-17-22-9-13-26(25(30)15-22)38-19-21-7-11-24(12-8-21)33(35)36/h2-17H,18-19H2,1H3,(H,32,34)/b31-17+. The first kappa shape index (κ1) is 27.2. The van der Waals surface area contributed by atoms with E-state index in [4.69, 9.17) is 25.8 Å². The van der Waals surface area contributed by atoms with Crippen LogP contribution in [-0.4, -0.2) is 24.2 Å². The minimum atomic E-state index is -0.458. The summed E-state index contributed by atoms with van der Waals surface area (Å²) in [5, 5.41) is 15.1. The second-order valence-electron chi connectivity index (χ2n) is 8.24. The van der Waals surface area contributed by atoms with Gasteiger partial charge < -0.3 is 14.2 Å². The monoisotopic (exact) mass is 545 g/mol. The van der Waals surface area contributed by atoms with Crippen LogP contribution < -0.4 is 19.6 Å². The van der Waals surface area contributed by atoms with E-state index in [9.17, 15) is 14.9 Å². The van der Waals surface area contributed by atoms with Gasteiger partial charge in [-0.1, -0.05) is 41.9 Å². The predicted molar refractivity (Wildman–Crippen MR) is 148 cm³/mol. The van der Waals surface area contributed by atoms with E-state index in [1.165, 1.54) is 25.5 Å². The molecule has 4 aromatic carbocycles. The average Bonchev–Trinajstić information content (AvgIpc) is 2.96. The molecular weight excluding hydrogens is 522 g/mol. The summed E-state index contributed by atoms with van der Waals surface area (Å²) in [6.45, 7) is 0.567. The number of nitrogens with zero attached hydrogens (tertiary/aromatic N) is 2. The first-order valence-corrected chi connectivity index (χ1v) is 12.1. The fourth-order valence-corrected chi connectivity index (χ4v) is 3.73. The second-order valence-corrected chi connectivity index (χ2v) is 8.65. The van der Waals surface area contributed by atoms with Crippen LogP contribution in [0.15, 0.2) is 96.1 Å². The number of rotatable bonds is 11. The minimum Gasteiger partial charge on any atom is -0.493 e. The van der Waals surface area contributed by atoms with Gasteiger partial charge in [0, 0.05) is 17.7 Å². The number of nitro groups is 1. The maximum Gasteiger partial charge on any atom is 0.271 e. The molecule has 0 radical (unpaired) electrons. The van der Waals surface area contributed by atoms with Crippen LogP contribution in [0.25, 0.3) is 0 Å². The van der Waals surface area contributed by atoms with Gasteiger partial charge in [-0.2, -0.15) is 5.10 Å². The highest BCUT2D eigenvalue weighted by molar-refractivity contribution is 6.32. The summed E-state index contributed by atoms with van der Waals surface area (Å²) in [6, 6.07) is 25.7. The number of amides is 1. The topological polar surface area (TPSA) is 112 Å². The van der Waals surface area contributed by atoms with Crippen molar-refractivity contribution in [1.82, 2.24) is 5.43 Å². The largest absolute Gasteiger partial charge is 0.493 e. The highest BCUT2D eigenvalue weighted by Crippen LogP contribution is 2.29. The van der Waals surface area contributed by atoms with Gasteiger partial charge in [0.15, 0.2) is 11.5 Å². The molecule has 0 bridgehead atoms. The van der Waals surface area contributed by atoms with Crippen molar-refractivity contribution < 1.29 is 23.9 Å². The molecule has 0 saturated heterocycles. The molecule has 4 rings (SSSR count). The fraction of sp³-hybridized carbons (Fsp3) is 0.103. The smallest absolute Gasteiger partial charge is 0.271 e. The number of hydrogen-bond donors (Lipinski definition) is 1. The minimum absolute atomic E-state index is 0.0107. The zero-order valence-electron chi connectivity index (χ0n) is 20.9. The summed E-state index contributed by atoms with van der Waals surface area (Å²) in [4.78, 5) is 22.9. The van der Waals surface area contributed by atoms with Crippen molar-refractivity contribution in [2.24, 2.45) is 5.10 Å². The van der Waals surface area contributed by atoms with Crippen molar-refractivity contribution in [1.29, 1.82) is 0 Å². The van der Waals surface area contributed by atoms with E-state index in [0.717, 1.165) is 11.1 Å². The van der Waals surface area contributed by atoms with Crippen LogP contribution in [-0.2, 0) is 13.2 Å². The molecule has 0 unspecified atom stereocenters. The molecule has 0 aliphatic heterocycles. The Bertz CT molecular complexity index is 1480. The molecule has 0 saturated carbocycles. The Morgan fingerprint density at radius 3 is 2.23 bits per heavy atom. The zero-order chi connectivity index (χ0) is 27.6. The molecule has 198 valence electrons. The first-order chi connectivity index (χ1) is 18.9. The quantitative estimate of drug-likeness (QED) is 0.137. The number of ether oxygens (including phenoxy) is 3. The average molecular weight is 546 g/mol. The first-order valence-electron chi connectivity index (χ1n) is 11.8. The maximum absolute atomic E-state index is 12.6. The third kappa shape index (κ3) is 7.56. The van der Waals surface area contributed by atoms with Crippen molar-refractivity contribution in [2.75, 3.05) is 7.11 Å². The summed E-state index contributed by atoms with van der Waals surface area (Å²) in [5.41, 5.74) is 5.26. The lowest BCUT2D eigenvalue weighted by Crippen LogP contribution is -2.17. The molecule has 4 aromatic rings. The summed E-state index contributed by atoms with van der Waals surface area (Å²) < 4.78 is 16.9. The van der Waals surface area contributed by atoms with Crippen LogP contribution in [0.3, 0.4) is 0 Å². The van der Waals surface area contributed by atoms with Gasteiger partial charge in [-0.05, 0) is 65.2 Å². The zero-order valence-corrected chi connectivity index (χ0v) is 21.6. The number of methoxy groups -OCH3 is 1. The molecule has 0 aromatic heterocycles. The third-order valence-corrected chi connectivity index (χ3v) is 5.84. The number of hydrogen-bond acceptors (Lipinski definition) is 7. The number of nitrogens with one attached hydrogen (secondary N) is 1. The predicted octanol–water partition coefficient (Wildman–Crippen LogP) is 6.18. The second kappa shape index (κ2) is 13.1. The number of non-ortho nitro benzene ring substituents is 1. The van der Waals surface area contributed by atoms with Crippen LogP contribution in [0, 0.1) is 10.1 Å². The molecule has 10 heteroatoms. The van der Waals surface area contributed by atoms with E-state index in [0.29, 0.717) is 40.0 Å². The van der Waals surface area contributed by atoms with Gasteiger partial charge in [0.25, 0.3) is 11.6 Å². The molecule has 0 heterocycles. The number of benzene rings is 4. The van der Waals surface area contributed by atoms with Gasteiger partial charge in [0.1, 0.15) is 19.0 Å². The molecule has 1 N–H and O–H groups in total. The Morgan fingerprint density at radius 1 is 0.897 bits per heavy atom. The molecule has 0 aliphatic rings. The van der Waals surface area contributed by atoms with Gasteiger partial charge >= 0.3 is 0 Å². The van der Waals surface area contributed by atoms with E-state index in [-0.39, 0.29) is 12.3 Å². The van der Waals surface area contributed by atoms with E-state index in [1.54, 1.807) is 48.5 Å². The summed E-state index contributed by atoms with van der Waals surface area (Å²) in [7, 11) is 1.51. The van der Waals surface area contributed by atoms with Crippen molar-refractivity contribution in [3.63, 3.8) is 0 Å². The SMILES string of the molecule is COc1cc(C(=O)N/N=C/c2ccc(OCc3ccc([N+](=O)[O-])cc3)c(Cl)c2)ccc1OCc1ccccc1. The van der Waals surface area contributed by atoms with Crippen LogP contribution in [0.5, 0.6) is 17.2 Å². The lowest BCUT2D eigenvalue weighted by Gasteiger charge is -2.12. The Balaban J connectivity index is 1.31. The van der Waals surface area contributed by atoms with Crippen LogP contribution >= 0.6 is 11.6 Å². The van der Waals surface area contributed by atoms with Gasteiger partial charge in [-0.15, -0.1) is 0 Å². The molecule has 0 atom stereocenters. The summed E-state index contributed by atoms with van der Waals surface area (Å²) >= 11 is 6.32. The van der Waals surface area contributed by atoms with Crippen molar-refractivity contribution >= 4 is 29.4 Å². The summed E-state index contributed by atoms with van der Waals surface area (Å²) in [6.07, 6.45) is 1.46. The highest BCUT2D eigenvalue weighted by atomic mass is 35.5. The van der Waals surface area contributed by atoms with Crippen molar-refractivity contribution in [3.05, 3.63) is 128 Å². The van der Waals surface area contributed by atoms with E-state index in [1.807, 2.05) is 30.3 Å². The van der Waals surface area contributed by atoms with E-state index < -0.39 is 10.8 Å². The molecule has 0 spiro atoms. The van der Waals surface area contributed by atoms with Crippen LogP contribution in [0.2, 0.25) is 5.02 Å². The van der Waals surface area contributed by atoms with Crippen molar-refractivity contribution in [3.8, 4) is 17.2 Å². The Hall–Kier alpha value is -4.89. The maximum atomic E-state index is 12.6. The van der Waals surface area contributed by atoms with Gasteiger partial charge in [0.05, 0.1) is 23.3 Å².